The van der Waals surface area contributed by atoms with Gasteiger partial charge in [-0.05, 0) is 43.0 Å². The number of aromatic nitrogens is 1. The molecule has 2 aromatic rings. The second kappa shape index (κ2) is 9.39. The molecule has 1 aromatic heterocycles. The van der Waals surface area contributed by atoms with Crippen LogP contribution < -0.4 is 10.2 Å². The molecule has 2 heterocycles. The average molecular weight is 401 g/mol. The number of benzene rings is 1. The maximum Gasteiger partial charge on any atom is 0.241 e. The van der Waals surface area contributed by atoms with E-state index in [4.69, 9.17) is 11.6 Å². The molecule has 1 fully saturated rings. The minimum atomic E-state index is -0.176. The minimum Gasteiger partial charge on any atom is -0.354 e. The van der Waals surface area contributed by atoms with E-state index >= 15 is 0 Å². The summed E-state index contributed by atoms with van der Waals surface area (Å²) in [7, 11) is 0. The molecule has 3 rings (SSSR count). The molecule has 1 aromatic carbocycles. The zero-order valence-corrected chi connectivity index (χ0v) is 17.6. The smallest absolute Gasteiger partial charge is 0.241 e. The van der Waals surface area contributed by atoms with Gasteiger partial charge < -0.3 is 10.2 Å². The van der Waals surface area contributed by atoms with Crippen LogP contribution in [0.4, 0.5) is 11.5 Å². The molecule has 0 spiro atoms. The minimum absolute atomic E-state index is 0.0498. The third-order valence-electron chi connectivity index (χ3n) is 5.64. The second-order valence-corrected chi connectivity index (χ2v) is 7.86. The summed E-state index contributed by atoms with van der Waals surface area (Å²) in [4.78, 5) is 21.7. The van der Waals surface area contributed by atoms with E-state index in [-0.39, 0.29) is 11.9 Å². The standard InChI is InChI=1S/C22H29ClN4O/c1-4-16(2)19-7-5-6-8-20(19)25-22(28)17(3)26-11-13-27(14-12-26)21-10-9-18(23)15-24-21/h5-10,15-17H,4,11-14H2,1-3H3,(H,25,28). The number of hydrogen-bond acceptors (Lipinski definition) is 4. The molecule has 0 bridgehead atoms. The maximum atomic E-state index is 12.9. The number of halogens is 1. The Balaban J connectivity index is 1.58. The lowest BCUT2D eigenvalue weighted by molar-refractivity contribution is -0.120. The van der Waals surface area contributed by atoms with E-state index in [0.717, 1.165) is 44.1 Å². The van der Waals surface area contributed by atoms with Crippen molar-refractivity contribution in [2.24, 2.45) is 0 Å². The van der Waals surface area contributed by atoms with E-state index in [0.29, 0.717) is 10.9 Å². The van der Waals surface area contributed by atoms with Gasteiger partial charge in [0.15, 0.2) is 0 Å². The molecular formula is C22H29ClN4O. The number of anilines is 2. The summed E-state index contributed by atoms with van der Waals surface area (Å²) in [5, 5.41) is 3.79. The van der Waals surface area contributed by atoms with E-state index < -0.39 is 0 Å². The van der Waals surface area contributed by atoms with Gasteiger partial charge >= 0.3 is 0 Å². The number of para-hydroxylation sites is 1. The van der Waals surface area contributed by atoms with Gasteiger partial charge in [-0.25, -0.2) is 4.98 Å². The quantitative estimate of drug-likeness (QED) is 0.780. The molecule has 150 valence electrons. The van der Waals surface area contributed by atoms with Crippen LogP contribution in [0.15, 0.2) is 42.6 Å². The fraction of sp³-hybridized carbons (Fsp3) is 0.455. The highest BCUT2D eigenvalue weighted by Crippen LogP contribution is 2.27. The topological polar surface area (TPSA) is 48.5 Å². The van der Waals surface area contributed by atoms with Crippen molar-refractivity contribution in [3.8, 4) is 0 Å². The number of nitrogens with zero attached hydrogens (tertiary/aromatic N) is 3. The predicted molar refractivity (Wildman–Crippen MR) is 116 cm³/mol. The van der Waals surface area contributed by atoms with Crippen LogP contribution in [-0.2, 0) is 4.79 Å². The van der Waals surface area contributed by atoms with Crippen molar-refractivity contribution in [2.75, 3.05) is 36.4 Å². The van der Waals surface area contributed by atoms with Crippen LogP contribution in [0.25, 0.3) is 0 Å². The fourth-order valence-electron chi connectivity index (χ4n) is 3.56. The van der Waals surface area contributed by atoms with Gasteiger partial charge in [-0.1, -0.05) is 43.6 Å². The molecule has 6 heteroatoms. The zero-order chi connectivity index (χ0) is 20.1. The first kappa shape index (κ1) is 20.6. The Hall–Kier alpha value is -2.11. The van der Waals surface area contributed by atoms with Gasteiger partial charge in [0, 0.05) is 38.1 Å². The van der Waals surface area contributed by atoms with Crippen molar-refractivity contribution in [3.63, 3.8) is 0 Å². The Bertz CT molecular complexity index is 787. The summed E-state index contributed by atoms with van der Waals surface area (Å²) >= 11 is 5.92. The van der Waals surface area contributed by atoms with Crippen molar-refractivity contribution in [1.29, 1.82) is 0 Å². The molecule has 1 N–H and O–H groups in total. The summed E-state index contributed by atoms with van der Waals surface area (Å²) in [6.07, 6.45) is 2.72. The first-order valence-electron chi connectivity index (χ1n) is 10.00. The molecule has 28 heavy (non-hydrogen) atoms. The largest absolute Gasteiger partial charge is 0.354 e. The molecule has 1 amide bonds. The van der Waals surface area contributed by atoms with E-state index in [2.05, 4.69) is 40.0 Å². The number of carbonyl (C=O) groups is 1. The molecule has 0 aliphatic carbocycles. The van der Waals surface area contributed by atoms with Crippen LogP contribution in [-0.4, -0.2) is 48.0 Å². The molecule has 2 unspecified atom stereocenters. The SMILES string of the molecule is CCC(C)c1ccccc1NC(=O)C(C)N1CCN(c2ccc(Cl)cn2)CC1. The monoisotopic (exact) mass is 400 g/mol. The number of hydrogen-bond donors (Lipinski definition) is 1. The summed E-state index contributed by atoms with van der Waals surface area (Å²) in [5.74, 6) is 1.40. The van der Waals surface area contributed by atoms with Gasteiger partial charge in [0.25, 0.3) is 0 Å². The number of rotatable bonds is 6. The van der Waals surface area contributed by atoms with E-state index in [1.54, 1.807) is 6.20 Å². The molecule has 0 radical (unpaired) electrons. The Labute approximate surface area is 172 Å². The third-order valence-corrected chi connectivity index (χ3v) is 5.86. The molecule has 1 aliphatic heterocycles. The van der Waals surface area contributed by atoms with Crippen LogP contribution >= 0.6 is 11.6 Å². The molecule has 1 saturated heterocycles. The Kier molecular flexibility index (Phi) is 6.92. The van der Waals surface area contributed by atoms with Gasteiger partial charge in [0.1, 0.15) is 5.82 Å². The normalized spacial score (nSPS) is 17.2. The lowest BCUT2D eigenvalue weighted by atomic mass is 9.97. The second-order valence-electron chi connectivity index (χ2n) is 7.42. The van der Waals surface area contributed by atoms with Crippen LogP contribution in [0.2, 0.25) is 5.02 Å². The number of nitrogens with one attached hydrogen (secondary N) is 1. The molecule has 2 atom stereocenters. The number of amides is 1. The van der Waals surface area contributed by atoms with Gasteiger partial charge in [-0.2, -0.15) is 0 Å². The van der Waals surface area contributed by atoms with Crippen molar-refractivity contribution < 1.29 is 4.79 Å². The zero-order valence-electron chi connectivity index (χ0n) is 16.9. The Morgan fingerprint density at radius 1 is 1.14 bits per heavy atom. The van der Waals surface area contributed by atoms with Crippen molar-refractivity contribution in [3.05, 3.63) is 53.2 Å². The van der Waals surface area contributed by atoms with Gasteiger partial charge in [0.05, 0.1) is 11.1 Å². The lowest BCUT2D eigenvalue weighted by Gasteiger charge is -2.38. The van der Waals surface area contributed by atoms with Gasteiger partial charge in [-0.15, -0.1) is 0 Å². The number of pyridine rings is 1. The number of piperazine rings is 1. The van der Waals surface area contributed by atoms with E-state index in [1.165, 1.54) is 5.56 Å². The number of carbonyl (C=O) groups excluding carboxylic acids is 1. The van der Waals surface area contributed by atoms with Gasteiger partial charge in [-0.3, -0.25) is 9.69 Å². The average Bonchev–Trinajstić information content (AvgIpc) is 2.73. The Morgan fingerprint density at radius 2 is 1.86 bits per heavy atom. The first-order valence-corrected chi connectivity index (χ1v) is 10.4. The van der Waals surface area contributed by atoms with Crippen LogP contribution in [0, 0.1) is 0 Å². The molecule has 0 saturated carbocycles. The van der Waals surface area contributed by atoms with Gasteiger partial charge in [0.2, 0.25) is 5.91 Å². The lowest BCUT2D eigenvalue weighted by Crippen LogP contribution is -2.53. The fourth-order valence-corrected chi connectivity index (χ4v) is 3.67. The van der Waals surface area contributed by atoms with E-state index in [9.17, 15) is 4.79 Å². The summed E-state index contributed by atoms with van der Waals surface area (Å²) in [6.45, 7) is 9.68. The molecular weight excluding hydrogens is 372 g/mol. The van der Waals surface area contributed by atoms with Crippen LogP contribution in [0.5, 0.6) is 0 Å². The summed E-state index contributed by atoms with van der Waals surface area (Å²) < 4.78 is 0. The third kappa shape index (κ3) is 4.83. The van der Waals surface area contributed by atoms with Crippen LogP contribution in [0.3, 0.4) is 0 Å². The highest BCUT2D eigenvalue weighted by atomic mass is 35.5. The van der Waals surface area contributed by atoms with Crippen LogP contribution in [0.1, 0.15) is 38.7 Å². The maximum absolute atomic E-state index is 12.9. The highest BCUT2D eigenvalue weighted by molar-refractivity contribution is 6.30. The highest BCUT2D eigenvalue weighted by Gasteiger charge is 2.26. The molecule has 5 nitrogen and oxygen atoms in total. The van der Waals surface area contributed by atoms with Crippen molar-refractivity contribution >= 4 is 29.0 Å². The first-order chi connectivity index (χ1) is 13.5. The van der Waals surface area contributed by atoms with E-state index in [1.807, 2.05) is 37.3 Å². The molecule has 1 aliphatic rings. The summed E-state index contributed by atoms with van der Waals surface area (Å²) in [5.41, 5.74) is 2.13. The van der Waals surface area contributed by atoms with Crippen molar-refractivity contribution in [1.82, 2.24) is 9.88 Å². The van der Waals surface area contributed by atoms with Crippen molar-refractivity contribution in [2.45, 2.75) is 39.2 Å². The Morgan fingerprint density at radius 3 is 2.50 bits per heavy atom. The summed E-state index contributed by atoms with van der Waals surface area (Å²) in [6, 6.07) is 11.7. The predicted octanol–water partition coefficient (Wildman–Crippen LogP) is 4.40.